The molecule has 0 saturated heterocycles. The van der Waals surface area contributed by atoms with Gasteiger partial charge < -0.3 is 5.73 Å². The molecule has 0 heterocycles. The van der Waals surface area contributed by atoms with Crippen LogP contribution < -0.4 is 5.73 Å². The fourth-order valence-electron chi connectivity index (χ4n) is 3.61. The molecular weight excluding hydrogens is 268 g/mol. The molecule has 1 saturated carbocycles. The summed E-state index contributed by atoms with van der Waals surface area (Å²) in [6, 6.07) is 3.73. The van der Waals surface area contributed by atoms with Crippen LogP contribution in [0.2, 0.25) is 0 Å². The summed E-state index contributed by atoms with van der Waals surface area (Å²) < 4.78 is 27.2. The van der Waals surface area contributed by atoms with E-state index in [9.17, 15) is 8.78 Å². The first-order valence-electron chi connectivity index (χ1n) is 8.22. The monoisotopic (exact) mass is 295 g/mol. The smallest absolute Gasteiger partial charge is 0.126 e. The third-order valence-corrected chi connectivity index (χ3v) is 5.14. The van der Waals surface area contributed by atoms with Gasteiger partial charge in [0.25, 0.3) is 0 Å². The van der Waals surface area contributed by atoms with E-state index < -0.39 is 0 Å². The Morgan fingerprint density at radius 3 is 2.57 bits per heavy atom. The summed E-state index contributed by atoms with van der Waals surface area (Å²) in [5, 5.41) is 0. The van der Waals surface area contributed by atoms with E-state index in [1.807, 2.05) is 0 Å². The Kier molecular flexibility index (Phi) is 5.74. The van der Waals surface area contributed by atoms with Crippen molar-refractivity contribution in [2.45, 2.75) is 58.3 Å². The minimum absolute atomic E-state index is 0.0443. The van der Waals surface area contributed by atoms with E-state index in [0.29, 0.717) is 18.5 Å². The van der Waals surface area contributed by atoms with Gasteiger partial charge in [0.1, 0.15) is 11.6 Å². The molecule has 1 aromatic rings. The normalized spacial score (nSPS) is 26.0. The number of nitrogens with two attached hydrogens (primary N) is 1. The van der Waals surface area contributed by atoms with Gasteiger partial charge in [-0.3, -0.25) is 0 Å². The molecule has 2 N–H and O–H groups in total. The number of unbranched alkanes of at least 4 members (excludes halogenated alkanes) is 1. The molecule has 0 unspecified atom stereocenters. The first-order valence-corrected chi connectivity index (χ1v) is 8.22. The average Bonchev–Trinajstić information content (AvgIpc) is 2.50. The Hall–Kier alpha value is -0.960. The molecule has 21 heavy (non-hydrogen) atoms. The maximum Gasteiger partial charge on any atom is 0.126 e. The summed E-state index contributed by atoms with van der Waals surface area (Å²) in [5.41, 5.74) is 6.44. The molecule has 0 atom stereocenters. The summed E-state index contributed by atoms with van der Waals surface area (Å²) in [6.45, 7) is 2.78. The molecule has 0 bridgehead atoms. The molecule has 0 spiro atoms. The Bertz CT molecular complexity index is 451. The van der Waals surface area contributed by atoms with Crippen LogP contribution in [0.3, 0.4) is 0 Å². The third-order valence-electron chi connectivity index (χ3n) is 5.14. The zero-order chi connectivity index (χ0) is 15.3. The molecule has 1 aliphatic rings. The van der Waals surface area contributed by atoms with Crippen molar-refractivity contribution in [3.8, 4) is 0 Å². The Balaban J connectivity index is 2.01. The average molecular weight is 295 g/mol. The fourth-order valence-corrected chi connectivity index (χ4v) is 3.61. The van der Waals surface area contributed by atoms with E-state index in [1.165, 1.54) is 50.3 Å². The third kappa shape index (κ3) is 4.26. The number of hydrogen-bond donors (Lipinski definition) is 1. The first-order chi connectivity index (χ1) is 10.1. The van der Waals surface area contributed by atoms with Crippen LogP contribution in [-0.4, -0.2) is 6.54 Å². The number of rotatable bonds is 6. The maximum atomic E-state index is 13.9. The van der Waals surface area contributed by atoms with E-state index >= 15 is 0 Å². The van der Waals surface area contributed by atoms with Crippen LogP contribution in [0.15, 0.2) is 18.2 Å². The number of hydrogen-bond acceptors (Lipinski definition) is 1. The standard InChI is InChI=1S/C18H27F2N/c1-2-3-4-14-7-9-18(13-21,10-8-14)12-15-11-16(19)5-6-17(15)20/h5-6,11,14H,2-4,7-10,12-13,21H2,1H3. The zero-order valence-corrected chi connectivity index (χ0v) is 13.0. The van der Waals surface area contributed by atoms with Gasteiger partial charge in [-0.25, -0.2) is 8.78 Å². The van der Waals surface area contributed by atoms with Gasteiger partial charge in [-0.05, 0) is 73.7 Å². The molecule has 2 rings (SSSR count). The van der Waals surface area contributed by atoms with Gasteiger partial charge >= 0.3 is 0 Å². The van der Waals surface area contributed by atoms with Crippen molar-refractivity contribution in [1.82, 2.24) is 0 Å². The molecule has 0 radical (unpaired) electrons. The van der Waals surface area contributed by atoms with Crippen LogP contribution in [0.5, 0.6) is 0 Å². The van der Waals surface area contributed by atoms with Crippen molar-refractivity contribution in [2.24, 2.45) is 17.1 Å². The minimum Gasteiger partial charge on any atom is -0.330 e. The second-order valence-electron chi connectivity index (χ2n) is 6.70. The van der Waals surface area contributed by atoms with Gasteiger partial charge in [0.05, 0.1) is 0 Å². The highest BCUT2D eigenvalue weighted by Gasteiger charge is 2.34. The van der Waals surface area contributed by atoms with Gasteiger partial charge in [-0.2, -0.15) is 0 Å². The van der Waals surface area contributed by atoms with Gasteiger partial charge in [-0.15, -0.1) is 0 Å². The highest BCUT2D eigenvalue weighted by Crippen LogP contribution is 2.42. The minimum atomic E-state index is -0.366. The lowest BCUT2D eigenvalue weighted by atomic mass is 9.66. The van der Waals surface area contributed by atoms with Crippen LogP contribution in [-0.2, 0) is 6.42 Å². The quantitative estimate of drug-likeness (QED) is 0.799. The van der Waals surface area contributed by atoms with Crippen molar-refractivity contribution in [3.05, 3.63) is 35.4 Å². The van der Waals surface area contributed by atoms with E-state index in [0.717, 1.165) is 18.8 Å². The van der Waals surface area contributed by atoms with E-state index in [4.69, 9.17) is 5.73 Å². The fraction of sp³-hybridized carbons (Fsp3) is 0.667. The summed E-state index contributed by atoms with van der Waals surface area (Å²) in [6.07, 6.45) is 8.81. The van der Waals surface area contributed by atoms with Crippen LogP contribution >= 0.6 is 0 Å². The molecule has 1 fully saturated rings. The van der Waals surface area contributed by atoms with Crippen LogP contribution in [0.1, 0.15) is 57.4 Å². The summed E-state index contributed by atoms with van der Waals surface area (Å²) in [7, 11) is 0. The molecule has 1 aliphatic carbocycles. The van der Waals surface area contributed by atoms with E-state index in [1.54, 1.807) is 0 Å². The van der Waals surface area contributed by atoms with Crippen molar-refractivity contribution >= 4 is 0 Å². The Morgan fingerprint density at radius 1 is 1.24 bits per heavy atom. The molecule has 118 valence electrons. The Labute approximate surface area is 126 Å². The van der Waals surface area contributed by atoms with Gasteiger partial charge in [0.2, 0.25) is 0 Å². The largest absolute Gasteiger partial charge is 0.330 e. The Morgan fingerprint density at radius 2 is 1.95 bits per heavy atom. The van der Waals surface area contributed by atoms with Crippen LogP contribution in [0, 0.1) is 23.0 Å². The van der Waals surface area contributed by atoms with Crippen molar-refractivity contribution in [3.63, 3.8) is 0 Å². The molecule has 0 amide bonds. The SMILES string of the molecule is CCCCC1CCC(CN)(Cc2cc(F)ccc2F)CC1. The van der Waals surface area contributed by atoms with Crippen molar-refractivity contribution in [2.75, 3.05) is 6.54 Å². The molecule has 0 aromatic heterocycles. The van der Waals surface area contributed by atoms with E-state index in [2.05, 4.69) is 6.92 Å². The molecular formula is C18H27F2N. The van der Waals surface area contributed by atoms with Gasteiger partial charge in [0, 0.05) is 0 Å². The predicted molar refractivity (Wildman–Crippen MR) is 83.0 cm³/mol. The predicted octanol–water partition coefficient (Wildman–Crippen LogP) is 4.83. The maximum absolute atomic E-state index is 13.9. The molecule has 1 nitrogen and oxygen atoms in total. The topological polar surface area (TPSA) is 26.0 Å². The van der Waals surface area contributed by atoms with Crippen LogP contribution in [0.4, 0.5) is 8.78 Å². The zero-order valence-electron chi connectivity index (χ0n) is 13.0. The number of halogens is 2. The molecule has 0 aliphatic heterocycles. The second-order valence-corrected chi connectivity index (χ2v) is 6.70. The molecule has 1 aromatic carbocycles. The number of benzene rings is 1. The summed E-state index contributed by atoms with van der Waals surface area (Å²) in [4.78, 5) is 0. The van der Waals surface area contributed by atoms with Gasteiger partial charge in [-0.1, -0.05) is 26.2 Å². The van der Waals surface area contributed by atoms with E-state index in [-0.39, 0.29) is 17.0 Å². The van der Waals surface area contributed by atoms with Gasteiger partial charge in [0.15, 0.2) is 0 Å². The summed E-state index contributed by atoms with van der Waals surface area (Å²) >= 11 is 0. The lowest BCUT2D eigenvalue weighted by molar-refractivity contribution is 0.148. The second kappa shape index (κ2) is 7.35. The van der Waals surface area contributed by atoms with Crippen LogP contribution in [0.25, 0.3) is 0 Å². The lowest BCUT2D eigenvalue weighted by Crippen LogP contribution is -2.37. The highest BCUT2D eigenvalue weighted by molar-refractivity contribution is 5.20. The molecule has 3 heteroatoms. The van der Waals surface area contributed by atoms with Crippen molar-refractivity contribution in [1.29, 1.82) is 0 Å². The first kappa shape index (κ1) is 16.4. The highest BCUT2D eigenvalue weighted by atomic mass is 19.1. The summed E-state index contributed by atoms with van der Waals surface area (Å²) in [5.74, 6) is 0.120. The lowest BCUT2D eigenvalue weighted by Gasteiger charge is -2.40. The van der Waals surface area contributed by atoms with Crippen molar-refractivity contribution < 1.29 is 8.78 Å².